The Hall–Kier alpha value is -1.27. The van der Waals surface area contributed by atoms with Gasteiger partial charge in [0.1, 0.15) is 11.2 Å². The van der Waals surface area contributed by atoms with E-state index in [4.69, 9.17) is 17.3 Å². The first kappa shape index (κ1) is 8.82. The Labute approximate surface area is 72.3 Å². The SMILES string of the molecule is O=C(CO)n1c(=S)cc[nH]c1=O. The van der Waals surface area contributed by atoms with E-state index >= 15 is 0 Å². The number of H-pyrrole nitrogens is 1. The van der Waals surface area contributed by atoms with Crippen molar-refractivity contribution in [2.75, 3.05) is 6.61 Å². The lowest BCUT2D eigenvalue weighted by Crippen LogP contribution is -2.30. The van der Waals surface area contributed by atoms with Gasteiger partial charge in [-0.2, -0.15) is 0 Å². The number of aliphatic hydroxyl groups is 1. The van der Waals surface area contributed by atoms with Crippen LogP contribution in [0.4, 0.5) is 0 Å². The van der Waals surface area contributed by atoms with Gasteiger partial charge in [0.05, 0.1) is 0 Å². The van der Waals surface area contributed by atoms with Gasteiger partial charge < -0.3 is 10.1 Å². The Morgan fingerprint density at radius 1 is 1.75 bits per heavy atom. The van der Waals surface area contributed by atoms with Crippen LogP contribution in [-0.4, -0.2) is 27.2 Å². The standard InChI is InChI=1S/C6H6N2O3S/c9-3-4(10)8-5(12)1-2-7-6(8)11/h1-2,9H,3H2,(H,7,11). The second kappa shape index (κ2) is 3.42. The van der Waals surface area contributed by atoms with Crippen LogP contribution in [0.25, 0.3) is 0 Å². The van der Waals surface area contributed by atoms with Gasteiger partial charge in [0.25, 0.3) is 5.91 Å². The van der Waals surface area contributed by atoms with Crippen LogP contribution in [-0.2, 0) is 0 Å². The number of hydrogen-bond donors (Lipinski definition) is 2. The lowest BCUT2D eigenvalue weighted by Gasteiger charge is -1.98. The zero-order valence-corrected chi connectivity index (χ0v) is 6.80. The number of carbonyl (C=O) groups is 1. The Balaban J connectivity index is 3.42. The molecule has 64 valence electrons. The van der Waals surface area contributed by atoms with Gasteiger partial charge in [-0.3, -0.25) is 4.79 Å². The Kier molecular flexibility index (Phi) is 2.51. The number of aliphatic hydroxyl groups excluding tert-OH is 1. The molecule has 2 N–H and O–H groups in total. The highest BCUT2D eigenvalue weighted by Crippen LogP contribution is 1.84. The molecule has 1 heterocycles. The molecule has 0 aromatic carbocycles. The van der Waals surface area contributed by atoms with Gasteiger partial charge in [-0.15, -0.1) is 0 Å². The van der Waals surface area contributed by atoms with Crippen molar-refractivity contribution < 1.29 is 9.90 Å². The molecule has 0 saturated carbocycles. The minimum atomic E-state index is -0.735. The zero-order valence-electron chi connectivity index (χ0n) is 5.98. The van der Waals surface area contributed by atoms with E-state index in [-0.39, 0.29) is 4.64 Å². The summed E-state index contributed by atoms with van der Waals surface area (Å²) in [6.07, 6.45) is 1.34. The second-order valence-corrected chi connectivity index (χ2v) is 2.43. The number of carbonyl (C=O) groups excluding carboxylic acids is 1. The molecule has 0 aliphatic heterocycles. The fourth-order valence-electron chi connectivity index (χ4n) is 0.730. The Morgan fingerprint density at radius 2 is 2.42 bits per heavy atom. The smallest absolute Gasteiger partial charge is 0.333 e. The number of hydrogen-bond acceptors (Lipinski definition) is 4. The maximum Gasteiger partial charge on any atom is 0.333 e. The van der Waals surface area contributed by atoms with Crippen LogP contribution < -0.4 is 5.69 Å². The van der Waals surface area contributed by atoms with Gasteiger partial charge in [0, 0.05) is 6.20 Å². The van der Waals surface area contributed by atoms with Crippen molar-refractivity contribution in [3.05, 3.63) is 27.4 Å². The highest BCUT2D eigenvalue weighted by Gasteiger charge is 2.05. The average molecular weight is 186 g/mol. The van der Waals surface area contributed by atoms with Crippen LogP contribution in [0, 0.1) is 4.64 Å². The molecule has 5 nitrogen and oxygen atoms in total. The molecule has 1 aromatic heterocycles. The van der Waals surface area contributed by atoms with Crippen LogP contribution in [0.15, 0.2) is 17.1 Å². The van der Waals surface area contributed by atoms with Crippen LogP contribution in [0.3, 0.4) is 0 Å². The van der Waals surface area contributed by atoms with Crippen molar-refractivity contribution in [3.63, 3.8) is 0 Å². The first-order valence-corrected chi connectivity index (χ1v) is 3.52. The van der Waals surface area contributed by atoms with Crippen LogP contribution >= 0.6 is 12.2 Å². The molecular weight excluding hydrogens is 180 g/mol. The molecule has 0 bridgehead atoms. The van der Waals surface area contributed by atoms with E-state index < -0.39 is 18.2 Å². The largest absolute Gasteiger partial charge is 0.387 e. The van der Waals surface area contributed by atoms with Crippen LogP contribution in [0.2, 0.25) is 0 Å². The number of nitrogens with one attached hydrogen (secondary N) is 1. The van der Waals surface area contributed by atoms with Crippen LogP contribution in [0.1, 0.15) is 4.79 Å². The summed E-state index contributed by atoms with van der Waals surface area (Å²) in [6, 6.07) is 1.39. The highest BCUT2D eigenvalue weighted by atomic mass is 32.1. The van der Waals surface area contributed by atoms with Gasteiger partial charge in [0.2, 0.25) is 0 Å². The molecule has 0 unspecified atom stereocenters. The molecular formula is C6H6N2O3S. The molecule has 6 heteroatoms. The van der Waals surface area contributed by atoms with Crippen molar-refractivity contribution in [2.45, 2.75) is 0 Å². The number of rotatable bonds is 1. The number of nitrogens with zero attached hydrogens (tertiary/aromatic N) is 1. The molecule has 12 heavy (non-hydrogen) atoms. The fourth-order valence-corrected chi connectivity index (χ4v) is 0.983. The first-order chi connectivity index (χ1) is 5.66. The summed E-state index contributed by atoms with van der Waals surface area (Å²) in [5.74, 6) is -0.734. The zero-order chi connectivity index (χ0) is 9.14. The Bertz CT molecular complexity index is 377. The predicted molar refractivity (Wildman–Crippen MR) is 43.6 cm³/mol. The topological polar surface area (TPSA) is 75.1 Å². The summed E-state index contributed by atoms with van der Waals surface area (Å²) in [5, 5.41) is 8.47. The van der Waals surface area contributed by atoms with E-state index in [1.807, 2.05) is 0 Å². The monoisotopic (exact) mass is 186 g/mol. The summed E-state index contributed by atoms with van der Waals surface area (Å²) >= 11 is 4.69. The lowest BCUT2D eigenvalue weighted by atomic mass is 10.6. The maximum absolute atomic E-state index is 10.9. The lowest BCUT2D eigenvalue weighted by molar-refractivity contribution is 0.0810. The number of aromatic nitrogens is 2. The van der Waals surface area contributed by atoms with Crippen molar-refractivity contribution in [1.82, 2.24) is 9.55 Å². The average Bonchev–Trinajstić information content (AvgIpc) is 2.03. The van der Waals surface area contributed by atoms with Crippen molar-refractivity contribution in [2.24, 2.45) is 0 Å². The third-order valence-corrected chi connectivity index (χ3v) is 1.56. The van der Waals surface area contributed by atoms with Gasteiger partial charge in [0.15, 0.2) is 0 Å². The second-order valence-electron chi connectivity index (χ2n) is 2.01. The summed E-state index contributed by atoms with van der Waals surface area (Å²) in [5.41, 5.74) is -0.637. The van der Waals surface area contributed by atoms with Crippen molar-refractivity contribution in [1.29, 1.82) is 0 Å². The van der Waals surface area contributed by atoms with E-state index in [0.29, 0.717) is 4.57 Å². The minimum Gasteiger partial charge on any atom is -0.387 e. The van der Waals surface area contributed by atoms with Gasteiger partial charge >= 0.3 is 5.69 Å². The molecule has 0 radical (unpaired) electrons. The molecule has 0 spiro atoms. The normalized spacial score (nSPS) is 9.75. The summed E-state index contributed by atoms with van der Waals surface area (Å²) < 4.78 is 0.785. The van der Waals surface area contributed by atoms with E-state index in [9.17, 15) is 9.59 Å². The quantitative estimate of drug-likeness (QED) is 0.582. The summed E-state index contributed by atoms with van der Waals surface area (Å²) in [4.78, 5) is 24.1. The third kappa shape index (κ3) is 1.49. The van der Waals surface area contributed by atoms with E-state index in [2.05, 4.69) is 4.98 Å². The predicted octanol–water partition coefficient (Wildman–Crippen LogP) is -0.462. The highest BCUT2D eigenvalue weighted by molar-refractivity contribution is 7.71. The third-order valence-electron chi connectivity index (χ3n) is 1.24. The maximum atomic E-state index is 10.9. The molecule has 1 aromatic rings. The molecule has 0 aliphatic rings. The van der Waals surface area contributed by atoms with Crippen LogP contribution in [0.5, 0.6) is 0 Å². The fraction of sp³-hybridized carbons (Fsp3) is 0.167. The summed E-state index contributed by atoms with van der Waals surface area (Å²) in [7, 11) is 0. The van der Waals surface area contributed by atoms with Crippen molar-refractivity contribution >= 4 is 18.1 Å². The molecule has 0 amide bonds. The minimum absolute atomic E-state index is 0.0813. The summed E-state index contributed by atoms with van der Waals surface area (Å²) in [6.45, 7) is -0.735. The van der Waals surface area contributed by atoms with E-state index in [0.717, 1.165) is 0 Å². The molecule has 0 atom stereocenters. The Morgan fingerprint density at radius 3 is 2.92 bits per heavy atom. The van der Waals surface area contributed by atoms with E-state index in [1.54, 1.807) is 0 Å². The number of aromatic amines is 1. The van der Waals surface area contributed by atoms with Crippen molar-refractivity contribution in [3.8, 4) is 0 Å². The van der Waals surface area contributed by atoms with E-state index in [1.165, 1.54) is 12.3 Å². The van der Waals surface area contributed by atoms with Gasteiger partial charge in [-0.1, -0.05) is 12.2 Å². The molecule has 0 fully saturated rings. The molecule has 0 aliphatic carbocycles. The van der Waals surface area contributed by atoms with Gasteiger partial charge in [-0.25, -0.2) is 9.36 Å². The molecule has 1 rings (SSSR count). The first-order valence-electron chi connectivity index (χ1n) is 3.11. The van der Waals surface area contributed by atoms with Gasteiger partial charge in [-0.05, 0) is 6.07 Å². The molecule has 0 saturated heterocycles.